The lowest BCUT2D eigenvalue weighted by Crippen LogP contribution is -2.20. The van der Waals surface area contributed by atoms with Gasteiger partial charge in [-0.25, -0.2) is 0 Å². The van der Waals surface area contributed by atoms with Gasteiger partial charge in [-0.05, 0) is 41.6 Å². The summed E-state index contributed by atoms with van der Waals surface area (Å²) in [4.78, 5) is 12.1. The van der Waals surface area contributed by atoms with Crippen molar-refractivity contribution in [2.24, 2.45) is 0 Å². The van der Waals surface area contributed by atoms with Crippen molar-refractivity contribution < 1.29 is 27.4 Å². The maximum atomic E-state index is 12.3. The second kappa shape index (κ2) is 9.36. The lowest BCUT2D eigenvalue weighted by Gasteiger charge is -2.12. The first-order valence-electron chi connectivity index (χ1n) is 7.84. The van der Waals surface area contributed by atoms with Gasteiger partial charge in [-0.1, -0.05) is 24.3 Å². The smallest absolute Gasteiger partial charge is 0.446 e. The molecule has 144 valence electrons. The van der Waals surface area contributed by atoms with Gasteiger partial charge in [0.1, 0.15) is 0 Å². The number of amides is 1. The van der Waals surface area contributed by atoms with Crippen LogP contribution in [0.4, 0.5) is 13.2 Å². The number of methoxy groups -OCH3 is 2. The molecule has 2 aromatic rings. The van der Waals surface area contributed by atoms with E-state index in [0.29, 0.717) is 17.1 Å². The Morgan fingerprint density at radius 3 is 2.41 bits per heavy atom. The van der Waals surface area contributed by atoms with Crippen LogP contribution in [0.15, 0.2) is 53.4 Å². The van der Waals surface area contributed by atoms with E-state index in [1.54, 1.807) is 12.1 Å². The Morgan fingerprint density at radius 2 is 1.81 bits per heavy atom. The quantitative estimate of drug-likeness (QED) is 0.546. The molecular formula is C19H18F3NO3S. The number of nitrogens with one attached hydrogen (secondary N) is 1. The first kappa shape index (κ1) is 20.7. The van der Waals surface area contributed by atoms with Crippen molar-refractivity contribution in [2.75, 3.05) is 14.2 Å². The zero-order valence-corrected chi connectivity index (χ0v) is 15.5. The number of alkyl halides is 3. The zero-order valence-electron chi connectivity index (χ0n) is 14.7. The summed E-state index contributed by atoms with van der Waals surface area (Å²) in [5.74, 6) is 0.771. The largest absolute Gasteiger partial charge is 0.493 e. The van der Waals surface area contributed by atoms with E-state index in [2.05, 4.69) is 5.32 Å². The summed E-state index contributed by atoms with van der Waals surface area (Å²) in [6.45, 7) is 0.241. The van der Waals surface area contributed by atoms with Gasteiger partial charge in [-0.3, -0.25) is 4.79 Å². The standard InChI is InChI=1S/C19H18F3NO3S/c1-25-16-5-3-4-14(18(16)26-2)12-23-17(24)11-8-13-6-9-15(10-7-13)27-19(20,21)22/h3-11H,12H2,1-2H3,(H,23,24)/b11-8+. The Hall–Kier alpha value is -2.61. The fourth-order valence-corrected chi connectivity index (χ4v) is 2.83. The Morgan fingerprint density at radius 1 is 1.11 bits per heavy atom. The van der Waals surface area contributed by atoms with Crippen molar-refractivity contribution in [1.29, 1.82) is 0 Å². The second-order valence-corrected chi connectivity index (χ2v) is 6.46. The predicted octanol–water partition coefficient (Wildman–Crippen LogP) is 4.65. The fourth-order valence-electron chi connectivity index (χ4n) is 2.29. The first-order chi connectivity index (χ1) is 12.8. The molecule has 4 nitrogen and oxygen atoms in total. The normalized spacial score (nSPS) is 11.4. The third kappa shape index (κ3) is 6.56. The molecule has 0 aliphatic carbocycles. The summed E-state index contributed by atoms with van der Waals surface area (Å²) in [5, 5.41) is 2.72. The summed E-state index contributed by atoms with van der Waals surface area (Å²) < 4.78 is 47.4. The van der Waals surface area contributed by atoms with Crippen molar-refractivity contribution >= 4 is 23.7 Å². The molecule has 2 rings (SSSR count). The molecule has 0 saturated heterocycles. The van der Waals surface area contributed by atoms with Crippen LogP contribution in [0, 0.1) is 0 Å². The van der Waals surface area contributed by atoms with Crippen molar-refractivity contribution in [3.8, 4) is 11.5 Å². The fraction of sp³-hybridized carbons (Fsp3) is 0.211. The van der Waals surface area contributed by atoms with E-state index in [0.717, 1.165) is 5.56 Å². The van der Waals surface area contributed by atoms with Crippen LogP contribution < -0.4 is 14.8 Å². The third-order valence-corrected chi connectivity index (χ3v) is 4.22. The Labute approximate surface area is 159 Å². The predicted molar refractivity (Wildman–Crippen MR) is 98.8 cm³/mol. The van der Waals surface area contributed by atoms with Gasteiger partial charge in [0, 0.05) is 23.1 Å². The SMILES string of the molecule is COc1cccc(CNC(=O)/C=C/c2ccc(SC(F)(F)F)cc2)c1OC. The number of thioether (sulfide) groups is 1. The number of para-hydroxylation sites is 1. The van der Waals surface area contributed by atoms with Crippen molar-refractivity contribution in [3.05, 3.63) is 59.7 Å². The molecule has 0 saturated carbocycles. The maximum absolute atomic E-state index is 12.3. The summed E-state index contributed by atoms with van der Waals surface area (Å²) in [7, 11) is 3.05. The van der Waals surface area contributed by atoms with E-state index < -0.39 is 5.51 Å². The highest BCUT2D eigenvalue weighted by atomic mass is 32.2. The Kier molecular flexibility index (Phi) is 7.18. The summed E-state index contributed by atoms with van der Waals surface area (Å²) in [5.41, 5.74) is -2.94. The van der Waals surface area contributed by atoms with Crippen LogP contribution >= 0.6 is 11.8 Å². The van der Waals surface area contributed by atoms with Gasteiger partial charge in [-0.15, -0.1) is 0 Å². The molecule has 0 aliphatic heterocycles. The monoisotopic (exact) mass is 397 g/mol. The molecule has 0 spiro atoms. The minimum absolute atomic E-state index is 0.0919. The van der Waals surface area contributed by atoms with Gasteiger partial charge >= 0.3 is 5.51 Å². The van der Waals surface area contributed by atoms with E-state index in [1.165, 1.54) is 50.6 Å². The molecule has 0 bridgehead atoms. The first-order valence-corrected chi connectivity index (χ1v) is 8.65. The number of halogens is 3. The molecule has 0 fully saturated rings. The molecule has 0 aliphatic rings. The van der Waals surface area contributed by atoms with Crippen molar-refractivity contribution in [2.45, 2.75) is 16.9 Å². The van der Waals surface area contributed by atoms with Crippen molar-refractivity contribution in [3.63, 3.8) is 0 Å². The molecule has 8 heteroatoms. The van der Waals surface area contributed by atoms with E-state index in [4.69, 9.17) is 9.47 Å². The number of carbonyl (C=O) groups excluding carboxylic acids is 1. The average Bonchev–Trinajstić information content (AvgIpc) is 2.64. The maximum Gasteiger partial charge on any atom is 0.446 e. The van der Waals surface area contributed by atoms with Gasteiger partial charge in [0.05, 0.1) is 14.2 Å². The highest BCUT2D eigenvalue weighted by Gasteiger charge is 2.28. The zero-order chi connectivity index (χ0) is 19.9. The van der Waals surface area contributed by atoms with E-state index in [-0.39, 0.29) is 29.1 Å². The van der Waals surface area contributed by atoms with Crippen molar-refractivity contribution in [1.82, 2.24) is 5.32 Å². The number of benzene rings is 2. The van der Waals surface area contributed by atoms with Gasteiger partial charge in [-0.2, -0.15) is 13.2 Å². The highest BCUT2D eigenvalue weighted by molar-refractivity contribution is 8.00. The topological polar surface area (TPSA) is 47.6 Å². The number of carbonyl (C=O) groups is 1. The molecule has 0 aromatic heterocycles. The third-order valence-electron chi connectivity index (χ3n) is 3.48. The van der Waals surface area contributed by atoms with Crippen LogP contribution in [-0.4, -0.2) is 25.6 Å². The summed E-state index contributed by atoms with van der Waals surface area (Å²) in [6.07, 6.45) is 2.85. The minimum atomic E-state index is -4.32. The van der Waals surface area contributed by atoms with Gasteiger partial charge in [0.15, 0.2) is 11.5 Å². The molecule has 0 unspecified atom stereocenters. The lowest BCUT2D eigenvalue weighted by atomic mass is 10.1. The molecule has 2 aromatic carbocycles. The summed E-state index contributed by atoms with van der Waals surface area (Å²) >= 11 is -0.179. The van der Waals surface area contributed by atoms with Crippen LogP contribution in [0.25, 0.3) is 6.08 Å². The van der Waals surface area contributed by atoms with Crippen LogP contribution in [-0.2, 0) is 11.3 Å². The van der Waals surface area contributed by atoms with E-state index in [1.807, 2.05) is 6.07 Å². The molecular weight excluding hydrogens is 379 g/mol. The molecule has 0 atom stereocenters. The minimum Gasteiger partial charge on any atom is -0.493 e. The summed E-state index contributed by atoms with van der Waals surface area (Å²) in [6, 6.07) is 11.1. The average molecular weight is 397 g/mol. The highest BCUT2D eigenvalue weighted by Crippen LogP contribution is 2.36. The molecule has 1 amide bonds. The number of hydrogen-bond acceptors (Lipinski definition) is 4. The Bertz CT molecular complexity index is 805. The molecule has 0 radical (unpaired) electrons. The number of rotatable bonds is 7. The van der Waals surface area contributed by atoms with Crippen LogP contribution in [0.2, 0.25) is 0 Å². The van der Waals surface area contributed by atoms with Crippen LogP contribution in [0.3, 0.4) is 0 Å². The van der Waals surface area contributed by atoms with Gasteiger partial charge in [0.2, 0.25) is 5.91 Å². The van der Waals surface area contributed by atoms with Crippen LogP contribution in [0.5, 0.6) is 11.5 Å². The van der Waals surface area contributed by atoms with E-state index in [9.17, 15) is 18.0 Å². The molecule has 0 heterocycles. The number of hydrogen-bond donors (Lipinski definition) is 1. The number of ether oxygens (including phenoxy) is 2. The van der Waals surface area contributed by atoms with Crippen LogP contribution in [0.1, 0.15) is 11.1 Å². The van der Waals surface area contributed by atoms with Gasteiger partial charge < -0.3 is 14.8 Å². The molecule has 27 heavy (non-hydrogen) atoms. The second-order valence-electron chi connectivity index (χ2n) is 5.32. The molecule has 1 N–H and O–H groups in total. The van der Waals surface area contributed by atoms with Gasteiger partial charge in [0.25, 0.3) is 0 Å². The lowest BCUT2D eigenvalue weighted by molar-refractivity contribution is -0.116. The van der Waals surface area contributed by atoms with E-state index >= 15 is 0 Å². The Balaban J connectivity index is 1.94.